The number of fused-ring (bicyclic) bond motifs is 3. The van der Waals surface area contributed by atoms with Crippen molar-refractivity contribution in [3.8, 4) is 21.7 Å². The Morgan fingerprint density at radius 3 is 2.50 bits per heavy atom. The highest BCUT2D eigenvalue weighted by Crippen LogP contribution is 2.50. The number of hydrogen-bond donors (Lipinski definition) is 1. The van der Waals surface area contributed by atoms with E-state index in [2.05, 4.69) is 29.6 Å². The molecular formula is C20H19N3O3S2. The molecule has 1 aliphatic heterocycles. The van der Waals surface area contributed by atoms with Crippen LogP contribution in [0.5, 0.6) is 0 Å². The van der Waals surface area contributed by atoms with Gasteiger partial charge < -0.3 is 5.32 Å². The van der Waals surface area contributed by atoms with Crippen molar-refractivity contribution in [2.75, 3.05) is 24.7 Å². The summed E-state index contributed by atoms with van der Waals surface area (Å²) in [5, 5.41) is 5.99. The Kier molecular flexibility index (Phi) is 4.04. The minimum Gasteiger partial charge on any atom is -0.302 e. The number of piperidine rings is 1. The molecule has 1 saturated heterocycles. The number of hydrogen-bond acceptors (Lipinski definition) is 5. The number of benzene rings is 2. The monoisotopic (exact) mass is 413 g/mol. The number of amides is 1. The summed E-state index contributed by atoms with van der Waals surface area (Å²) in [5.41, 5.74) is 3.21. The molecule has 2 aromatic carbocycles. The van der Waals surface area contributed by atoms with Crippen LogP contribution in [-0.2, 0) is 14.8 Å². The number of anilines is 1. The highest BCUT2D eigenvalue weighted by atomic mass is 32.2. The summed E-state index contributed by atoms with van der Waals surface area (Å²) >= 11 is 1.50. The molecule has 3 aromatic rings. The van der Waals surface area contributed by atoms with Crippen LogP contribution in [0.25, 0.3) is 32.5 Å². The largest absolute Gasteiger partial charge is 0.302 e. The number of carbonyl (C=O) groups excluding carboxylic acids is 1. The van der Waals surface area contributed by atoms with E-state index in [1.165, 1.54) is 38.2 Å². The van der Waals surface area contributed by atoms with Gasteiger partial charge in [-0.3, -0.25) is 4.79 Å². The predicted octanol–water partition coefficient (Wildman–Crippen LogP) is 3.55. The van der Waals surface area contributed by atoms with E-state index in [1.54, 1.807) is 0 Å². The fourth-order valence-corrected chi connectivity index (χ4v) is 6.01. The lowest BCUT2D eigenvalue weighted by Gasteiger charge is -2.29. The highest BCUT2D eigenvalue weighted by molar-refractivity contribution is 7.88. The van der Waals surface area contributed by atoms with Crippen molar-refractivity contribution >= 4 is 43.2 Å². The normalized spacial score (nSPS) is 17.0. The van der Waals surface area contributed by atoms with Crippen LogP contribution in [0, 0.1) is 5.92 Å². The zero-order valence-electron chi connectivity index (χ0n) is 15.3. The average Bonchev–Trinajstić information content (AvgIpc) is 3.21. The second-order valence-corrected chi connectivity index (χ2v) is 10.3. The van der Waals surface area contributed by atoms with Crippen LogP contribution in [0.15, 0.2) is 36.4 Å². The maximum absolute atomic E-state index is 12.7. The van der Waals surface area contributed by atoms with Gasteiger partial charge in [0, 0.05) is 30.1 Å². The molecule has 1 aromatic heterocycles. The summed E-state index contributed by atoms with van der Waals surface area (Å²) < 4.78 is 24.7. The zero-order valence-corrected chi connectivity index (χ0v) is 16.9. The van der Waals surface area contributed by atoms with E-state index in [0.29, 0.717) is 31.1 Å². The van der Waals surface area contributed by atoms with E-state index in [0.717, 1.165) is 16.1 Å². The van der Waals surface area contributed by atoms with Crippen molar-refractivity contribution in [3.05, 3.63) is 36.4 Å². The maximum Gasteiger partial charge on any atom is 0.229 e. The molecule has 0 bridgehead atoms. The topological polar surface area (TPSA) is 79.4 Å². The number of carbonyl (C=O) groups is 1. The third-order valence-electron chi connectivity index (χ3n) is 5.56. The summed E-state index contributed by atoms with van der Waals surface area (Å²) in [5.74, 6) is -0.264. The van der Waals surface area contributed by atoms with Gasteiger partial charge in [0.05, 0.1) is 16.8 Å². The summed E-state index contributed by atoms with van der Waals surface area (Å²) in [7, 11) is -3.19. The van der Waals surface area contributed by atoms with Crippen LogP contribution in [0.2, 0.25) is 0 Å². The van der Waals surface area contributed by atoms with Gasteiger partial charge in [-0.15, -0.1) is 0 Å². The molecule has 1 fully saturated rings. The SMILES string of the molecule is CS(=O)(=O)N1CCC(C(=O)Nc2nc3c(s2)-c2cccc4cccc-3c24)CC1. The summed E-state index contributed by atoms with van der Waals surface area (Å²) in [6, 6.07) is 12.5. The molecule has 28 heavy (non-hydrogen) atoms. The molecule has 1 amide bonds. The molecule has 5 rings (SSSR count). The average molecular weight is 414 g/mol. The fourth-order valence-electron chi connectivity index (χ4n) is 4.12. The summed E-state index contributed by atoms with van der Waals surface area (Å²) in [4.78, 5) is 18.5. The van der Waals surface area contributed by atoms with E-state index < -0.39 is 10.0 Å². The lowest BCUT2D eigenvalue weighted by atomic mass is 9.97. The molecule has 144 valence electrons. The van der Waals surface area contributed by atoms with Crippen molar-refractivity contribution in [2.45, 2.75) is 12.8 Å². The maximum atomic E-state index is 12.7. The molecule has 6 nitrogen and oxygen atoms in total. The molecule has 0 atom stereocenters. The van der Waals surface area contributed by atoms with Crippen molar-refractivity contribution in [2.24, 2.45) is 5.92 Å². The minimum absolute atomic E-state index is 0.0768. The fraction of sp³-hybridized carbons (Fsp3) is 0.300. The van der Waals surface area contributed by atoms with Gasteiger partial charge in [0.2, 0.25) is 15.9 Å². The number of thiazole rings is 1. The van der Waals surface area contributed by atoms with Gasteiger partial charge in [0.15, 0.2) is 5.13 Å². The molecule has 0 spiro atoms. The van der Waals surface area contributed by atoms with Gasteiger partial charge in [-0.25, -0.2) is 17.7 Å². The van der Waals surface area contributed by atoms with E-state index in [4.69, 9.17) is 4.98 Å². The van der Waals surface area contributed by atoms with Gasteiger partial charge in [0.25, 0.3) is 0 Å². The van der Waals surface area contributed by atoms with Gasteiger partial charge in [0.1, 0.15) is 0 Å². The smallest absolute Gasteiger partial charge is 0.229 e. The third kappa shape index (κ3) is 2.83. The molecule has 0 unspecified atom stereocenters. The molecule has 2 aliphatic rings. The van der Waals surface area contributed by atoms with Crippen LogP contribution < -0.4 is 5.32 Å². The molecular weight excluding hydrogens is 394 g/mol. The Hall–Kier alpha value is -2.29. The highest BCUT2D eigenvalue weighted by Gasteiger charge is 2.30. The van der Waals surface area contributed by atoms with Gasteiger partial charge in [-0.2, -0.15) is 0 Å². The van der Waals surface area contributed by atoms with Crippen molar-refractivity contribution in [1.82, 2.24) is 9.29 Å². The minimum atomic E-state index is -3.19. The third-order valence-corrected chi connectivity index (χ3v) is 7.86. The van der Waals surface area contributed by atoms with Crippen LogP contribution >= 0.6 is 11.3 Å². The molecule has 1 N–H and O–H groups in total. The van der Waals surface area contributed by atoms with Crippen LogP contribution in [0.4, 0.5) is 5.13 Å². The summed E-state index contributed by atoms with van der Waals surface area (Å²) in [6.07, 6.45) is 2.28. The van der Waals surface area contributed by atoms with E-state index in [1.807, 2.05) is 12.1 Å². The first-order valence-electron chi connectivity index (χ1n) is 9.21. The molecule has 0 saturated carbocycles. The predicted molar refractivity (Wildman–Crippen MR) is 112 cm³/mol. The lowest BCUT2D eigenvalue weighted by molar-refractivity contribution is -0.120. The first-order valence-corrected chi connectivity index (χ1v) is 11.9. The first kappa shape index (κ1) is 17.8. The van der Waals surface area contributed by atoms with Crippen molar-refractivity contribution in [3.63, 3.8) is 0 Å². The van der Waals surface area contributed by atoms with E-state index in [9.17, 15) is 13.2 Å². The second kappa shape index (κ2) is 6.37. The zero-order chi connectivity index (χ0) is 19.5. The van der Waals surface area contributed by atoms with Crippen LogP contribution in [0.3, 0.4) is 0 Å². The molecule has 0 radical (unpaired) electrons. The molecule has 8 heteroatoms. The number of aromatic nitrogens is 1. The van der Waals surface area contributed by atoms with Crippen LogP contribution in [0.1, 0.15) is 12.8 Å². The summed E-state index contributed by atoms with van der Waals surface area (Å²) in [6.45, 7) is 0.779. The Bertz CT molecular complexity index is 1150. The van der Waals surface area contributed by atoms with Crippen molar-refractivity contribution in [1.29, 1.82) is 0 Å². The Morgan fingerprint density at radius 1 is 1.14 bits per heavy atom. The Morgan fingerprint density at radius 2 is 1.82 bits per heavy atom. The standard InChI is InChI=1S/C20H19N3O3S2/c1-28(25,26)23-10-8-13(9-11-23)19(24)22-20-21-17-14-6-2-4-12-5-3-7-15(16(12)14)18(17)27-20/h2-7,13H,8-11H2,1H3,(H,21,22,24). The van der Waals surface area contributed by atoms with E-state index in [-0.39, 0.29) is 11.8 Å². The quantitative estimate of drug-likeness (QED) is 0.557. The number of nitrogens with zero attached hydrogens (tertiary/aromatic N) is 2. The van der Waals surface area contributed by atoms with E-state index >= 15 is 0 Å². The lowest BCUT2D eigenvalue weighted by Crippen LogP contribution is -2.40. The van der Waals surface area contributed by atoms with Gasteiger partial charge >= 0.3 is 0 Å². The number of nitrogens with one attached hydrogen (secondary N) is 1. The Labute approximate surface area is 167 Å². The molecule has 2 heterocycles. The Balaban J connectivity index is 1.35. The van der Waals surface area contributed by atoms with Gasteiger partial charge in [-0.1, -0.05) is 47.7 Å². The van der Waals surface area contributed by atoms with Crippen LogP contribution in [-0.4, -0.2) is 43.0 Å². The number of rotatable bonds is 3. The first-order chi connectivity index (χ1) is 13.4. The molecule has 1 aliphatic carbocycles. The second-order valence-electron chi connectivity index (χ2n) is 7.33. The van der Waals surface area contributed by atoms with Crippen molar-refractivity contribution < 1.29 is 13.2 Å². The number of sulfonamides is 1. The van der Waals surface area contributed by atoms with Gasteiger partial charge in [-0.05, 0) is 23.6 Å².